The number of methoxy groups -OCH3 is 1. The largest absolute Gasteiger partial charge is 0.479 e. The van der Waals surface area contributed by atoms with Crippen molar-refractivity contribution in [2.75, 3.05) is 30.8 Å². The standard InChI is InChI=1S/C24H31N7O3/c1-15(32)11-26-22(33)18-13-28-24(29-14-18)27-12-16-3-6-19(7-4-16)30-20-8-5-17-9-10-25-23(34-2)21(17)31-20/h5,8-10,13-16,19,32H,3-4,6-7,11-12H2,1-2H3,(H,26,33)(H,30,31)(H,27,28,29)/t15?,16-,19-. The smallest absolute Gasteiger partial charge is 0.254 e. The Labute approximate surface area is 198 Å². The fourth-order valence-electron chi connectivity index (χ4n) is 4.09. The highest BCUT2D eigenvalue weighted by Gasteiger charge is 2.22. The number of aliphatic hydroxyl groups excluding tert-OH is 1. The summed E-state index contributed by atoms with van der Waals surface area (Å²) in [7, 11) is 1.61. The fourth-order valence-corrected chi connectivity index (χ4v) is 4.09. The minimum atomic E-state index is -0.597. The summed E-state index contributed by atoms with van der Waals surface area (Å²) in [5.74, 6) is 2.12. The van der Waals surface area contributed by atoms with E-state index in [1.165, 1.54) is 12.4 Å². The van der Waals surface area contributed by atoms with Crippen LogP contribution in [0.5, 0.6) is 5.88 Å². The summed E-state index contributed by atoms with van der Waals surface area (Å²) in [6.45, 7) is 2.60. The van der Waals surface area contributed by atoms with Gasteiger partial charge in [-0.25, -0.2) is 19.9 Å². The quantitative estimate of drug-likeness (QED) is 0.376. The number of carbonyl (C=O) groups is 1. The molecule has 0 saturated heterocycles. The molecule has 10 nitrogen and oxygen atoms in total. The zero-order valence-electron chi connectivity index (χ0n) is 19.5. The van der Waals surface area contributed by atoms with Crippen LogP contribution in [-0.4, -0.2) is 63.3 Å². The Kier molecular flexibility index (Phi) is 7.69. The van der Waals surface area contributed by atoms with Gasteiger partial charge < -0.3 is 25.8 Å². The Morgan fingerprint density at radius 2 is 1.91 bits per heavy atom. The molecule has 34 heavy (non-hydrogen) atoms. The monoisotopic (exact) mass is 465 g/mol. The molecule has 4 N–H and O–H groups in total. The number of fused-ring (bicyclic) bond motifs is 1. The number of rotatable bonds is 9. The summed E-state index contributed by atoms with van der Waals surface area (Å²) in [5.41, 5.74) is 1.13. The minimum Gasteiger partial charge on any atom is -0.479 e. The van der Waals surface area contributed by atoms with E-state index >= 15 is 0 Å². The first-order valence-corrected chi connectivity index (χ1v) is 11.6. The highest BCUT2D eigenvalue weighted by molar-refractivity contribution is 5.93. The molecule has 0 aliphatic heterocycles. The van der Waals surface area contributed by atoms with Gasteiger partial charge >= 0.3 is 0 Å². The number of aliphatic hydroxyl groups is 1. The van der Waals surface area contributed by atoms with Gasteiger partial charge in [-0.05, 0) is 56.7 Å². The summed E-state index contributed by atoms with van der Waals surface area (Å²) in [4.78, 5) is 29.4. The fraction of sp³-hybridized carbons (Fsp3) is 0.458. The molecule has 1 amide bonds. The molecular weight excluding hydrogens is 434 g/mol. The topological polar surface area (TPSA) is 134 Å². The SMILES string of the molecule is COc1nccc2ccc(N[C@H]3CC[C@H](CNc4ncc(C(=O)NCC(C)O)cn4)CC3)nc12. The number of nitrogens with one attached hydrogen (secondary N) is 3. The zero-order valence-corrected chi connectivity index (χ0v) is 19.5. The maximum Gasteiger partial charge on any atom is 0.254 e. The van der Waals surface area contributed by atoms with Crippen molar-refractivity contribution in [1.29, 1.82) is 0 Å². The van der Waals surface area contributed by atoms with Gasteiger partial charge in [0.2, 0.25) is 11.8 Å². The van der Waals surface area contributed by atoms with Crippen LogP contribution in [0.3, 0.4) is 0 Å². The zero-order chi connectivity index (χ0) is 23.9. The molecule has 3 aromatic rings. The van der Waals surface area contributed by atoms with E-state index in [1.807, 2.05) is 18.2 Å². The molecule has 1 unspecified atom stereocenters. The number of anilines is 2. The molecular formula is C24H31N7O3. The normalized spacial score (nSPS) is 18.8. The number of aromatic nitrogens is 4. The third kappa shape index (κ3) is 6.07. The van der Waals surface area contributed by atoms with Crippen LogP contribution in [0.2, 0.25) is 0 Å². The van der Waals surface area contributed by atoms with Gasteiger partial charge in [0, 0.05) is 43.1 Å². The van der Waals surface area contributed by atoms with E-state index in [9.17, 15) is 9.90 Å². The van der Waals surface area contributed by atoms with Crippen molar-refractivity contribution in [3.63, 3.8) is 0 Å². The minimum absolute atomic E-state index is 0.193. The molecule has 0 spiro atoms. The number of nitrogens with zero attached hydrogens (tertiary/aromatic N) is 4. The van der Waals surface area contributed by atoms with E-state index < -0.39 is 6.10 Å². The first-order chi connectivity index (χ1) is 16.5. The van der Waals surface area contributed by atoms with E-state index in [0.29, 0.717) is 29.4 Å². The van der Waals surface area contributed by atoms with Gasteiger partial charge in [-0.1, -0.05) is 0 Å². The van der Waals surface area contributed by atoms with Crippen LogP contribution in [0, 0.1) is 5.92 Å². The van der Waals surface area contributed by atoms with Crippen molar-refractivity contribution in [2.24, 2.45) is 5.92 Å². The summed E-state index contributed by atoms with van der Waals surface area (Å²) in [6, 6.07) is 6.34. The molecule has 1 aliphatic rings. The van der Waals surface area contributed by atoms with Crippen LogP contribution in [0.25, 0.3) is 10.9 Å². The molecule has 10 heteroatoms. The average Bonchev–Trinajstić information content (AvgIpc) is 2.86. The molecule has 1 aliphatic carbocycles. The van der Waals surface area contributed by atoms with Gasteiger partial charge in [0.1, 0.15) is 11.3 Å². The van der Waals surface area contributed by atoms with Crippen LogP contribution in [0.1, 0.15) is 43.0 Å². The van der Waals surface area contributed by atoms with Crippen molar-refractivity contribution in [2.45, 2.75) is 44.8 Å². The highest BCUT2D eigenvalue weighted by Crippen LogP contribution is 2.28. The first-order valence-electron chi connectivity index (χ1n) is 11.6. The predicted molar refractivity (Wildman–Crippen MR) is 130 cm³/mol. The summed E-state index contributed by atoms with van der Waals surface area (Å²) < 4.78 is 5.34. The Morgan fingerprint density at radius 1 is 1.15 bits per heavy atom. The number of ether oxygens (including phenoxy) is 1. The molecule has 1 fully saturated rings. The van der Waals surface area contributed by atoms with E-state index in [1.54, 1.807) is 20.2 Å². The predicted octanol–water partition coefficient (Wildman–Crippen LogP) is 2.62. The van der Waals surface area contributed by atoms with Gasteiger partial charge in [-0.3, -0.25) is 4.79 Å². The summed E-state index contributed by atoms with van der Waals surface area (Å²) in [6.07, 6.45) is 8.40. The van der Waals surface area contributed by atoms with E-state index in [4.69, 9.17) is 9.72 Å². The molecule has 0 bridgehead atoms. The number of carbonyl (C=O) groups excluding carboxylic acids is 1. The Morgan fingerprint density at radius 3 is 2.62 bits per heavy atom. The molecule has 0 aromatic carbocycles. The Balaban J connectivity index is 1.23. The number of pyridine rings is 2. The van der Waals surface area contributed by atoms with Crippen LogP contribution in [0.15, 0.2) is 36.8 Å². The van der Waals surface area contributed by atoms with E-state index in [0.717, 1.165) is 48.9 Å². The maximum atomic E-state index is 12.0. The molecule has 1 atom stereocenters. The second-order valence-electron chi connectivity index (χ2n) is 8.69. The third-order valence-electron chi connectivity index (χ3n) is 5.99. The van der Waals surface area contributed by atoms with Crippen LogP contribution < -0.4 is 20.7 Å². The number of hydrogen-bond acceptors (Lipinski definition) is 9. The van der Waals surface area contributed by atoms with Crippen LogP contribution >= 0.6 is 0 Å². The van der Waals surface area contributed by atoms with Crippen LogP contribution in [-0.2, 0) is 0 Å². The van der Waals surface area contributed by atoms with Crippen LogP contribution in [0.4, 0.5) is 11.8 Å². The first kappa shape index (κ1) is 23.6. The second-order valence-corrected chi connectivity index (χ2v) is 8.69. The molecule has 180 valence electrons. The van der Waals surface area contributed by atoms with E-state index in [-0.39, 0.29) is 12.5 Å². The molecule has 1 saturated carbocycles. The average molecular weight is 466 g/mol. The Hall–Kier alpha value is -3.53. The summed E-state index contributed by atoms with van der Waals surface area (Å²) in [5, 5.41) is 19.7. The maximum absolute atomic E-state index is 12.0. The van der Waals surface area contributed by atoms with Crippen molar-refractivity contribution in [3.05, 3.63) is 42.4 Å². The van der Waals surface area contributed by atoms with Crippen molar-refractivity contribution in [3.8, 4) is 5.88 Å². The van der Waals surface area contributed by atoms with Gasteiger partial charge in [0.15, 0.2) is 0 Å². The Bertz CT molecular complexity index is 1100. The molecule has 3 heterocycles. The van der Waals surface area contributed by atoms with Gasteiger partial charge in [-0.2, -0.15) is 0 Å². The van der Waals surface area contributed by atoms with E-state index in [2.05, 4.69) is 30.9 Å². The molecule has 4 rings (SSSR count). The lowest BCUT2D eigenvalue weighted by Gasteiger charge is -2.29. The summed E-state index contributed by atoms with van der Waals surface area (Å²) >= 11 is 0. The van der Waals surface area contributed by atoms with Gasteiger partial charge in [0.05, 0.1) is 18.8 Å². The van der Waals surface area contributed by atoms with Gasteiger partial charge in [0.25, 0.3) is 5.91 Å². The lowest BCUT2D eigenvalue weighted by atomic mass is 9.86. The lowest BCUT2D eigenvalue weighted by Crippen LogP contribution is -2.31. The van der Waals surface area contributed by atoms with Crippen molar-refractivity contribution in [1.82, 2.24) is 25.3 Å². The third-order valence-corrected chi connectivity index (χ3v) is 5.99. The highest BCUT2D eigenvalue weighted by atomic mass is 16.5. The van der Waals surface area contributed by atoms with Gasteiger partial charge in [-0.15, -0.1) is 0 Å². The lowest BCUT2D eigenvalue weighted by molar-refractivity contribution is 0.0923. The number of amides is 1. The van der Waals surface area contributed by atoms with Crippen molar-refractivity contribution < 1.29 is 14.6 Å². The number of hydrogen-bond donors (Lipinski definition) is 4. The second kappa shape index (κ2) is 11.1. The molecule has 3 aromatic heterocycles. The van der Waals surface area contributed by atoms with Crippen molar-refractivity contribution >= 4 is 28.6 Å². The molecule has 0 radical (unpaired) electrons.